The van der Waals surface area contributed by atoms with Crippen molar-refractivity contribution in [2.24, 2.45) is 7.05 Å². The van der Waals surface area contributed by atoms with Crippen LogP contribution in [0.15, 0.2) is 42.7 Å². The molecule has 11 nitrogen and oxygen atoms in total. The molecule has 1 aliphatic carbocycles. The fraction of sp³-hybridized carbons (Fsp3) is 0.440. The predicted octanol–water partition coefficient (Wildman–Crippen LogP) is 2.46. The van der Waals surface area contributed by atoms with Gasteiger partial charge < -0.3 is 20.3 Å². The number of benzene rings is 1. The highest BCUT2D eigenvalue weighted by Gasteiger charge is 2.55. The number of aryl methyl sites for hydroxylation is 1. The van der Waals surface area contributed by atoms with Gasteiger partial charge in [0.25, 0.3) is 0 Å². The Morgan fingerprint density at radius 2 is 1.97 bits per heavy atom. The molecule has 0 unspecified atom stereocenters. The van der Waals surface area contributed by atoms with Crippen LogP contribution in [0, 0.1) is 0 Å². The molecule has 3 aromatic rings. The summed E-state index contributed by atoms with van der Waals surface area (Å²) in [6.07, 6.45) is 5.92. The number of rotatable bonds is 7. The lowest BCUT2D eigenvalue weighted by atomic mass is 10.1. The molecule has 1 aliphatic heterocycles. The number of nitrogens with zero attached hydrogens (tertiary/aromatic N) is 5. The van der Waals surface area contributed by atoms with Crippen molar-refractivity contribution in [1.82, 2.24) is 25.1 Å². The summed E-state index contributed by atoms with van der Waals surface area (Å²) in [5.41, 5.74) is 2.78. The Morgan fingerprint density at radius 1 is 1.22 bits per heavy atom. The van der Waals surface area contributed by atoms with Crippen molar-refractivity contribution >= 4 is 27.4 Å². The van der Waals surface area contributed by atoms with Crippen molar-refractivity contribution < 1.29 is 17.9 Å². The van der Waals surface area contributed by atoms with Gasteiger partial charge in [-0.15, -0.1) is 0 Å². The van der Waals surface area contributed by atoms with E-state index in [4.69, 9.17) is 14.7 Å². The van der Waals surface area contributed by atoms with Crippen LogP contribution in [0.25, 0.3) is 11.4 Å². The predicted molar refractivity (Wildman–Crippen MR) is 140 cm³/mol. The van der Waals surface area contributed by atoms with Gasteiger partial charge in [0.15, 0.2) is 15.7 Å². The minimum Gasteiger partial charge on any atom is -0.377 e. The van der Waals surface area contributed by atoms with Gasteiger partial charge in [-0.2, -0.15) is 5.10 Å². The Morgan fingerprint density at radius 3 is 2.59 bits per heavy atom. The molecule has 0 spiro atoms. The van der Waals surface area contributed by atoms with Crippen LogP contribution in [-0.4, -0.2) is 66.3 Å². The molecule has 12 heteroatoms. The first-order valence-corrected chi connectivity index (χ1v) is 14.1. The van der Waals surface area contributed by atoms with Gasteiger partial charge >= 0.3 is 6.03 Å². The molecule has 2 fully saturated rings. The van der Waals surface area contributed by atoms with E-state index in [9.17, 15) is 13.2 Å². The molecule has 3 heterocycles. The zero-order valence-corrected chi connectivity index (χ0v) is 22.0. The van der Waals surface area contributed by atoms with Gasteiger partial charge in [-0.05, 0) is 44.0 Å². The van der Waals surface area contributed by atoms with E-state index in [0.717, 1.165) is 11.1 Å². The first-order chi connectivity index (χ1) is 17.6. The molecule has 1 aromatic carbocycles. The maximum absolute atomic E-state index is 12.7. The summed E-state index contributed by atoms with van der Waals surface area (Å²) in [5, 5.41) is 9.70. The normalized spacial score (nSPS) is 18.9. The number of carbonyl (C=O) groups excluding carboxylic acids is 1. The first-order valence-electron chi connectivity index (χ1n) is 12.2. The molecule has 1 saturated heterocycles. The summed E-state index contributed by atoms with van der Waals surface area (Å²) in [6, 6.07) is 8.79. The largest absolute Gasteiger partial charge is 0.377 e. The number of sulfone groups is 1. The molecule has 2 amide bonds. The summed E-state index contributed by atoms with van der Waals surface area (Å²) in [5.74, 6) is 1.15. The maximum Gasteiger partial charge on any atom is 0.319 e. The second-order valence-electron chi connectivity index (χ2n) is 9.73. The van der Waals surface area contributed by atoms with E-state index < -0.39 is 14.6 Å². The summed E-state index contributed by atoms with van der Waals surface area (Å²) in [6.45, 7) is 4.25. The summed E-state index contributed by atoms with van der Waals surface area (Å²) in [4.78, 5) is 24.0. The quantitative estimate of drug-likeness (QED) is 0.481. The monoisotopic (exact) mass is 525 g/mol. The van der Waals surface area contributed by atoms with Crippen LogP contribution in [-0.2, 0) is 32.9 Å². The lowest BCUT2D eigenvalue weighted by Crippen LogP contribution is -2.44. The second kappa shape index (κ2) is 9.75. The SMILES string of the molecule is C[C@H]1COCCN1c1cc(C2(S(C)(=O)=O)CC2)nc(-c2ccc(NC(=O)NCc3cnn(C)c3)cc2)n1. The highest BCUT2D eigenvalue weighted by molar-refractivity contribution is 7.91. The number of hydrogen-bond donors (Lipinski definition) is 2. The number of morpholine rings is 1. The third-order valence-electron chi connectivity index (χ3n) is 6.87. The highest BCUT2D eigenvalue weighted by atomic mass is 32.2. The molecule has 1 atom stereocenters. The number of urea groups is 1. The fourth-order valence-electron chi connectivity index (χ4n) is 4.57. The second-order valence-corrected chi connectivity index (χ2v) is 12.1. The van der Waals surface area contributed by atoms with E-state index in [1.54, 1.807) is 23.0 Å². The average molecular weight is 526 g/mol. The van der Waals surface area contributed by atoms with E-state index in [1.165, 1.54) is 6.26 Å². The Labute approximate surface area is 216 Å². The van der Waals surface area contributed by atoms with Crippen molar-refractivity contribution in [3.8, 4) is 11.4 Å². The molecule has 37 heavy (non-hydrogen) atoms. The van der Waals surface area contributed by atoms with Crippen molar-refractivity contribution in [2.45, 2.75) is 37.1 Å². The molecule has 2 N–H and O–H groups in total. The number of anilines is 2. The van der Waals surface area contributed by atoms with Gasteiger partial charge in [-0.3, -0.25) is 4.68 Å². The minimum atomic E-state index is -3.34. The standard InChI is InChI=1S/C25H31N7O4S/c1-17-16-36-11-10-32(17)22-12-21(25(8-9-25)37(3,34)35)29-23(30-22)19-4-6-20(7-5-19)28-24(33)26-13-18-14-27-31(2)15-18/h4-7,12,14-15,17H,8-11,13,16H2,1-3H3,(H2,26,28,33)/t17-/m0/s1. The summed E-state index contributed by atoms with van der Waals surface area (Å²) < 4.78 is 31.6. The summed E-state index contributed by atoms with van der Waals surface area (Å²) >= 11 is 0. The fourth-order valence-corrected chi connectivity index (χ4v) is 5.89. The highest BCUT2D eigenvalue weighted by Crippen LogP contribution is 2.52. The molecule has 0 bridgehead atoms. The number of hydrogen-bond acceptors (Lipinski definition) is 8. The topological polar surface area (TPSA) is 131 Å². The van der Waals surface area contributed by atoms with Crippen LogP contribution in [0.1, 0.15) is 31.0 Å². The number of amides is 2. The van der Waals surface area contributed by atoms with E-state index >= 15 is 0 Å². The van der Waals surface area contributed by atoms with Crippen LogP contribution in [0.2, 0.25) is 0 Å². The number of nitrogens with one attached hydrogen (secondary N) is 2. The van der Waals surface area contributed by atoms with Crippen molar-refractivity contribution in [3.05, 3.63) is 54.0 Å². The van der Waals surface area contributed by atoms with E-state index in [1.807, 2.05) is 31.4 Å². The lowest BCUT2D eigenvalue weighted by molar-refractivity contribution is 0.0985. The maximum atomic E-state index is 12.7. The smallest absolute Gasteiger partial charge is 0.319 e. The van der Waals surface area contributed by atoms with Crippen LogP contribution in [0.3, 0.4) is 0 Å². The molecule has 196 valence electrons. The van der Waals surface area contributed by atoms with Gasteiger partial charge in [0, 0.05) is 55.5 Å². The molecule has 2 aromatic heterocycles. The van der Waals surface area contributed by atoms with E-state index in [-0.39, 0.29) is 12.1 Å². The molecule has 1 saturated carbocycles. The minimum absolute atomic E-state index is 0.106. The van der Waals surface area contributed by atoms with Gasteiger partial charge in [0.05, 0.1) is 31.1 Å². The molecular formula is C25H31N7O4S. The molecule has 2 aliphatic rings. The Hall–Kier alpha value is -3.51. The van der Waals surface area contributed by atoms with Crippen LogP contribution < -0.4 is 15.5 Å². The van der Waals surface area contributed by atoms with Crippen molar-refractivity contribution in [3.63, 3.8) is 0 Å². The van der Waals surface area contributed by atoms with Crippen LogP contribution >= 0.6 is 0 Å². The Balaban J connectivity index is 1.38. The Bertz CT molecular complexity index is 1400. The van der Waals surface area contributed by atoms with Gasteiger partial charge in [-0.1, -0.05) is 0 Å². The van der Waals surface area contributed by atoms with Crippen molar-refractivity contribution in [1.29, 1.82) is 0 Å². The van der Waals surface area contributed by atoms with E-state index in [2.05, 4.69) is 27.6 Å². The van der Waals surface area contributed by atoms with Crippen molar-refractivity contribution in [2.75, 3.05) is 36.2 Å². The zero-order chi connectivity index (χ0) is 26.2. The van der Waals surface area contributed by atoms with Gasteiger partial charge in [-0.25, -0.2) is 23.2 Å². The average Bonchev–Trinajstić information content (AvgIpc) is 3.60. The summed E-state index contributed by atoms with van der Waals surface area (Å²) in [7, 11) is -1.52. The van der Waals surface area contributed by atoms with Crippen LogP contribution in [0.5, 0.6) is 0 Å². The third kappa shape index (κ3) is 5.30. The number of carbonyl (C=O) groups is 1. The zero-order valence-electron chi connectivity index (χ0n) is 21.1. The lowest BCUT2D eigenvalue weighted by Gasteiger charge is -2.34. The van der Waals surface area contributed by atoms with Gasteiger partial charge in [0.2, 0.25) is 0 Å². The Kier molecular flexibility index (Phi) is 6.63. The van der Waals surface area contributed by atoms with E-state index in [0.29, 0.717) is 62.2 Å². The molecular weight excluding hydrogens is 494 g/mol. The first kappa shape index (κ1) is 25.2. The van der Waals surface area contributed by atoms with Crippen LogP contribution in [0.4, 0.5) is 16.3 Å². The number of aromatic nitrogens is 4. The van der Waals surface area contributed by atoms with Gasteiger partial charge in [0.1, 0.15) is 10.6 Å². The number of ether oxygens (including phenoxy) is 1. The molecule has 0 radical (unpaired) electrons. The third-order valence-corrected chi connectivity index (χ3v) is 8.90. The molecule has 5 rings (SSSR count).